The van der Waals surface area contributed by atoms with Crippen LogP contribution in [0.5, 0.6) is 0 Å². The SMILES string of the molecule is C=CCN(C(C)(C)C)S(=O)(=O)c1c(C)csc1CN. The third-order valence-electron chi connectivity index (χ3n) is 2.77. The number of thiophene rings is 1. The van der Waals surface area contributed by atoms with Crippen LogP contribution in [0.2, 0.25) is 0 Å². The average Bonchev–Trinajstić information content (AvgIpc) is 2.66. The maximum atomic E-state index is 12.9. The number of sulfonamides is 1. The lowest BCUT2D eigenvalue weighted by atomic mass is 10.1. The average molecular weight is 302 g/mol. The molecule has 0 saturated heterocycles. The van der Waals surface area contributed by atoms with Crippen molar-refractivity contribution in [2.45, 2.75) is 44.7 Å². The topological polar surface area (TPSA) is 63.4 Å². The van der Waals surface area contributed by atoms with Crippen LogP contribution in [-0.2, 0) is 16.6 Å². The van der Waals surface area contributed by atoms with E-state index in [0.717, 1.165) is 5.56 Å². The van der Waals surface area contributed by atoms with Gasteiger partial charge in [-0.2, -0.15) is 4.31 Å². The molecule has 1 aromatic rings. The van der Waals surface area contributed by atoms with Gasteiger partial charge in [0, 0.05) is 23.5 Å². The van der Waals surface area contributed by atoms with E-state index in [1.807, 2.05) is 26.2 Å². The van der Waals surface area contributed by atoms with Crippen molar-refractivity contribution in [3.63, 3.8) is 0 Å². The highest BCUT2D eigenvalue weighted by atomic mass is 32.2. The summed E-state index contributed by atoms with van der Waals surface area (Å²) >= 11 is 1.39. The molecule has 0 bridgehead atoms. The van der Waals surface area contributed by atoms with Crippen molar-refractivity contribution in [2.75, 3.05) is 6.54 Å². The second-order valence-electron chi connectivity index (χ2n) is 5.37. The quantitative estimate of drug-likeness (QED) is 0.850. The summed E-state index contributed by atoms with van der Waals surface area (Å²) in [7, 11) is -3.56. The Morgan fingerprint density at radius 1 is 1.47 bits per heavy atom. The molecule has 0 aliphatic carbocycles. The largest absolute Gasteiger partial charge is 0.326 e. The van der Waals surface area contributed by atoms with Gasteiger partial charge in [-0.1, -0.05) is 6.08 Å². The Kier molecular flexibility index (Phi) is 4.95. The number of nitrogens with two attached hydrogens (primary N) is 1. The molecule has 0 saturated carbocycles. The van der Waals surface area contributed by atoms with E-state index in [9.17, 15) is 8.42 Å². The predicted octanol–water partition coefficient (Wildman–Crippen LogP) is 2.49. The van der Waals surface area contributed by atoms with Crippen LogP contribution in [0.1, 0.15) is 31.2 Å². The molecular weight excluding hydrogens is 280 g/mol. The number of rotatable bonds is 5. The fourth-order valence-corrected chi connectivity index (χ4v) is 5.35. The van der Waals surface area contributed by atoms with Crippen molar-refractivity contribution in [3.8, 4) is 0 Å². The first-order valence-electron chi connectivity index (χ1n) is 6.07. The van der Waals surface area contributed by atoms with Crippen LogP contribution >= 0.6 is 11.3 Å². The zero-order valence-electron chi connectivity index (χ0n) is 11.9. The van der Waals surface area contributed by atoms with E-state index in [1.165, 1.54) is 15.6 Å². The van der Waals surface area contributed by atoms with Gasteiger partial charge in [-0.3, -0.25) is 0 Å². The molecule has 1 aromatic heterocycles. The third-order valence-corrected chi connectivity index (χ3v) is 6.38. The summed E-state index contributed by atoms with van der Waals surface area (Å²) in [6.07, 6.45) is 1.60. The molecule has 0 aromatic carbocycles. The number of nitrogens with zero attached hydrogens (tertiary/aromatic N) is 1. The van der Waals surface area contributed by atoms with Crippen molar-refractivity contribution >= 4 is 21.4 Å². The summed E-state index contributed by atoms with van der Waals surface area (Å²) < 4.78 is 27.2. The Morgan fingerprint density at radius 3 is 2.47 bits per heavy atom. The van der Waals surface area contributed by atoms with Crippen molar-refractivity contribution < 1.29 is 8.42 Å². The maximum absolute atomic E-state index is 12.9. The van der Waals surface area contributed by atoms with Crippen molar-refractivity contribution in [1.29, 1.82) is 0 Å². The van der Waals surface area contributed by atoms with Crippen LogP contribution in [0, 0.1) is 6.92 Å². The minimum absolute atomic E-state index is 0.235. The molecule has 0 amide bonds. The third kappa shape index (κ3) is 3.25. The van der Waals surface area contributed by atoms with Crippen LogP contribution in [0.25, 0.3) is 0 Å². The summed E-state index contributed by atoms with van der Waals surface area (Å²) in [5.74, 6) is 0. The molecule has 6 heteroatoms. The normalized spacial score (nSPS) is 12.9. The molecule has 1 rings (SSSR count). The molecule has 0 unspecified atom stereocenters. The van der Waals surface area contributed by atoms with Crippen LogP contribution in [0.15, 0.2) is 22.9 Å². The second kappa shape index (κ2) is 5.75. The lowest BCUT2D eigenvalue weighted by molar-refractivity contribution is 0.269. The Hall–Kier alpha value is -0.690. The van der Waals surface area contributed by atoms with Gasteiger partial charge in [0.1, 0.15) is 4.90 Å². The van der Waals surface area contributed by atoms with Gasteiger partial charge in [-0.15, -0.1) is 17.9 Å². The van der Waals surface area contributed by atoms with Gasteiger partial charge in [0.25, 0.3) is 0 Å². The van der Waals surface area contributed by atoms with Gasteiger partial charge in [0.05, 0.1) is 0 Å². The molecule has 108 valence electrons. The van der Waals surface area contributed by atoms with Gasteiger partial charge in [-0.05, 0) is 38.6 Å². The van der Waals surface area contributed by atoms with Crippen LogP contribution in [0.4, 0.5) is 0 Å². The first-order chi connectivity index (χ1) is 8.66. The molecule has 0 spiro atoms. The number of aryl methyl sites for hydroxylation is 1. The molecule has 1 heterocycles. The van der Waals surface area contributed by atoms with Gasteiger partial charge in [0.2, 0.25) is 10.0 Å². The summed E-state index contributed by atoms with van der Waals surface area (Å²) in [6, 6.07) is 0. The highest BCUT2D eigenvalue weighted by molar-refractivity contribution is 7.89. The summed E-state index contributed by atoms with van der Waals surface area (Å²) in [5.41, 5.74) is 5.90. The minimum atomic E-state index is -3.56. The minimum Gasteiger partial charge on any atom is -0.326 e. The summed E-state index contributed by atoms with van der Waals surface area (Å²) in [5, 5.41) is 1.84. The Balaban J connectivity index is 3.43. The van der Waals surface area contributed by atoms with E-state index >= 15 is 0 Å². The molecule has 19 heavy (non-hydrogen) atoms. The number of hydrogen-bond donors (Lipinski definition) is 1. The molecule has 0 radical (unpaired) electrons. The van der Waals surface area contributed by atoms with E-state index in [2.05, 4.69) is 6.58 Å². The fourth-order valence-electron chi connectivity index (χ4n) is 1.93. The van der Waals surface area contributed by atoms with Gasteiger partial charge in [0.15, 0.2) is 0 Å². The van der Waals surface area contributed by atoms with Crippen molar-refractivity contribution in [3.05, 3.63) is 28.5 Å². The van der Waals surface area contributed by atoms with E-state index in [4.69, 9.17) is 5.73 Å². The molecule has 0 atom stereocenters. The van der Waals surface area contributed by atoms with E-state index < -0.39 is 15.6 Å². The molecule has 4 nitrogen and oxygen atoms in total. The van der Waals surface area contributed by atoms with Gasteiger partial charge < -0.3 is 5.73 Å². The molecule has 2 N–H and O–H groups in total. The zero-order valence-corrected chi connectivity index (χ0v) is 13.6. The Bertz CT molecular complexity index is 554. The van der Waals surface area contributed by atoms with Gasteiger partial charge >= 0.3 is 0 Å². The van der Waals surface area contributed by atoms with E-state index in [1.54, 1.807) is 13.0 Å². The Morgan fingerprint density at radius 2 is 2.05 bits per heavy atom. The standard InChI is InChI=1S/C13H22N2O2S2/c1-6-7-15(13(3,4)5)19(16,17)12-10(2)9-18-11(12)8-14/h6,9H,1,7-8,14H2,2-5H3. The van der Waals surface area contributed by atoms with Crippen LogP contribution < -0.4 is 5.73 Å². The molecule has 0 aliphatic rings. The second-order valence-corrected chi connectivity index (χ2v) is 8.13. The monoisotopic (exact) mass is 302 g/mol. The predicted molar refractivity (Wildman–Crippen MR) is 80.8 cm³/mol. The highest BCUT2D eigenvalue weighted by Crippen LogP contribution is 2.32. The molecule has 0 aliphatic heterocycles. The first-order valence-corrected chi connectivity index (χ1v) is 8.39. The van der Waals surface area contributed by atoms with E-state index in [-0.39, 0.29) is 13.1 Å². The smallest absolute Gasteiger partial charge is 0.245 e. The lowest BCUT2D eigenvalue weighted by Gasteiger charge is -2.34. The van der Waals surface area contributed by atoms with Crippen LogP contribution in [0.3, 0.4) is 0 Å². The lowest BCUT2D eigenvalue weighted by Crippen LogP contribution is -2.45. The molecule has 0 fully saturated rings. The first kappa shape index (κ1) is 16.4. The Labute approximate surface area is 120 Å². The van der Waals surface area contributed by atoms with E-state index in [0.29, 0.717) is 9.77 Å². The fraction of sp³-hybridized carbons (Fsp3) is 0.538. The van der Waals surface area contributed by atoms with Crippen molar-refractivity contribution in [1.82, 2.24) is 4.31 Å². The summed E-state index contributed by atoms with van der Waals surface area (Å²) in [4.78, 5) is 1.06. The van der Waals surface area contributed by atoms with Crippen molar-refractivity contribution in [2.24, 2.45) is 5.73 Å². The maximum Gasteiger partial charge on any atom is 0.245 e. The summed E-state index contributed by atoms with van der Waals surface area (Å²) in [6.45, 7) is 11.6. The van der Waals surface area contributed by atoms with Crippen LogP contribution in [-0.4, -0.2) is 24.8 Å². The molecular formula is C13H22N2O2S2. The highest BCUT2D eigenvalue weighted by Gasteiger charge is 2.35. The zero-order chi connectivity index (χ0) is 14.8. The number of hydrogen-bond acceptors (Lipinski definition) is 4. The van der Waals surface area contributed by atoms with Gasteiger partial charge in [-0.25, -0.2) is 8.42 Å².